The van der Waals surface area contributed by atoms with Gasteiger partial charge in [0, 0.05) is 0 Å². The first-order valence-electron chi connectivity index (χ1n) is 2.71. The van der Waals surface area contributed by atoms with Crippen LogP contribution in [-0.2, 0) is 0 Å². The van der Waals surface area contributed by atoms with Gasteiger partial charge >= 0.3 is 0 Å². The van der Waals surface area contributed by atoms with Crippen molar-refractivity contribution in [2.45, 2.75) is 19.0 Å². The Balaban J connectivity index is 0. The van der Waals surface area contributed by atoms with E-state index < -0.39 is 18.6 Å². The molecule has 0 aliphatic carbocycles. The summed E-state index contributed by atoms with van der Waals surface area (Å²) in [5, 5.41) is 10.7. The molecule has 2 N–H and O–H groups in total. The van der Waals surface area contributed by atoms with Crippen molar-refractivity contribution in [2.24, 2.45) is 0 Å². The molecule has 0 rings (SSSR count). The smallest absolute Gasteiger partial charge is 0.285 e. The van der Waals surface area contributed by atoms with Crippen molar-refractivity contribution < 1.29 is 13.9 Å². The number of nitrogens with one attached hydrogen (secondary N) is 1. The molecule has 0 aliphatic rings. The van der Waals surface area contributed by atoms with Crippen molar-refractivity contribution in [1.29, 1.82) is 0 Å². The van der Waals surface area contributed by atoms with Gasteiger partial charge in [0.15, 0.2) is 0 Å². The fraction of sp³-hybridized carbons (Fsp3) is 1.00. The molecular formula is C5H12ClF2NO. The van der Waals surface area contributed by atoms with E-state index in [4.69, 9.17) is 5.11 Å². The summed E-state index contributed by atoms with van der Waals surface area (Å²) in [7, 11) is 1.41. The highest BCUT2D eigenvalue weighted by molar-refractivity contribution is 5.85. The van der Waals surface area contributed by atoms with Crippen LogP contribution in [-0.4, -0.2) is 30.7 Å². The topological polar surface area (TPSA) is 32.3 Å². The van der Waals surface area contributed by atoms with Gasteiger partial charge < -0.3 is 10.4 Å². The standard InChI is InChI=1S/C5H11F2NO.ClH/c1-4(9)5(6,7)3-8-2;/h4,8-9H,3H2,1-2H3;1H. The summed E-state index contributed by atoms with van der Waals surface area (Å²) in [6.07, 6.45) is -1.58. The first-order valence-corrected chi connectivity index (χ1v) is 2.71. The number of alkyl halides is 2. The van der Waals surface area contributed by atoms with E-state index in [2.05, 4.69) is 5.32 Å². The summed E-state index contributed by atoms with van der Waals surface area (Å²) >= 11 is 0. The van der Waals surface area contributed by atoms with Crippen LogP contribution in [0.5, 0.6) is 0 Å². The average molecular weight is 176 g/mol. The molecule has 0 spiro atoms. The van der Waals surface area contributed by atoms with Crippen molar-refractivity contribution in [3.63, 3.8) is 0 Å². The third-order valence-electron chi connectivity index (χ3n) is 1.02. The van der Waals surface area contributed by atoms with Gasteiger partial charge in [0.25, 0.3) is 5.92 Å². The molecule has 0 radical (unpaired) electrons. The SMILES string of the molecule is CNCC(F)(F)C(C)O.Cl. The van der Waals surface area contributed by atoms with Crippen molar-refractivity contribution in [1.82, 2.24) is 5.32 Å². The van der Waals surface area contributed by atoms with E-state index in [0.29, 0.717) is 0 Å². The molecule has 2 nitrogen and oxygen atoms in total. The summed E-state index contributed by atoms with van der Waals surface area (Å²) < 4.78 is 24.5. The van der Waals surface area contributed by atoms with E-state index in [9.17, 15) is 8.78 Å². The second kappa shape index (κ2) is 4.82. The Morgan fingerprint density at radius 2 is 2.00 bits per heavy atom. The number of hydrogen-bond donors (Lipinski definition) is 2. The molecule has 10 heavy (non-hydrogen) atoms. The maximum Gasteiger partial charge on any atom is 0.285 e. The molecule has 1 atom stereocenters. The summed E-state index contributed by atoms with van der Waals surface area (Å²) in [5.74, 6) is -3.01. The molecule has 0 fully saturated rings. The lowest BCUT2D eigenvalue weighted by Crippen LogP contribution is -2.39. The van der Waals surface area contributed by atoms with Crippen LogP contribution >= 0.6 is 12.4 Å². The number of rotatable bonds is 3. The second-order valence-electron chi connectivity index (χ2n) is 1.97. The van der Waals surface area contributed by atoms with Gasteiger partial charge in [-0.15, -0.1) is 12.4 Å². The van der Waals surface area contributed by atoms with Crippen LogP contribution in [0.3, 0.4) is 0 Å². The minimum atomic E-state index is -3.01. The Labute approximate surface area is 65.0 Å². The Hall–Kier alpha value is 0.0700. The van der Waals surface area contributed by atoms with E-state index in [1.54, 1.807) is 0 Å². The summed E-state index contributed by atoms with van der Waals surface area (Å²) in [4.78, 5) is 0. The molecule has 64 valence electrons. The highest BCUT2D eigenvalue weighted by Gasteiger charge is 2.33. The van der Waals surface area contributed by atoms with E-state index in [1.165, 1.54) is 7.05 Å². The third-order valence-corrected chi connectivity index (χ3v) is 1.02. The number of aliphatic hydroxyl groups excluding tert-OH is 1. The van der Waals surface area contributed by atoms with E-state index in [0.717, 1.165) is 6.92 Å². The molecule has 0 aliphatic heterocycles. The summed E-state index contributed by atoms with van der Waals surface area (Å²) in [5.41, 5.74) is 0. The van der Waals surface area contributed by atoms with Crippen LogP contribution < -0.4 is 5.32 Å². The number of aliphatic hydroxyl groups is 1. The molecule has 0 aromatic carbocycles. The van der Waals surface area contributed by atoms with Crippen molar-refractivity contribution >= 4 is 12.4 Å². The predicted octanol–water partition coefficient (Wildman–Crippen LogP) is 0.644. The second-order valence-corrected chi connectivity index (χ2v) is 1.97. The van der Waals surface area contributed by atoms with Gasteiger partial charge in [-0.25, -0.2) is 8.78 Å². The molecule has 0 amide bonds. The Bertz CT molecular complexity index is 89.7. The number of halogens is 3. The van der Waals surface area contributed by atoms with Crippen LogP contribution in [0.4, 0.5) is 8.78 Å². The minimum Gasteiger partial charge on any atom is -0.387 e. The van der Waals surface area contributed by atoms with Gasteiger partial charge in [-0.05, 0) is 14.0 Å². The van der Waals surface area contributed by atoms with Crippen molar-refractivity contribution in [3.8, 4) is 0 Å². The van der Waals surface area contributed by atoms with Crippen molar-refractivity contribution in [2.75, 3.05) is 13.6 Å². The summed E-state index contributed by atoms with van der Waals surface area (Å²) in [6.45, 7) is 0.585. The van der Waals surface area contributed by atoms with Gasteiger partial charge in [-0.1, -0.05) is 0 Å². The first-order chi connectivity index (χ1) is 4.00. The molecule has 5 heteroatoms. The average Bonchev–Trinajstić information content (AvgIpc) is 1.65. The van der Waals surface area contributed by atoms with E-state index in [-0.39, 0.29) is 12.4 Å². The minimum absolute atomic E-state index is 0. The fourth-order valence-electron chi connectivity index (χ4n) is 0.383. The Morgan fingerprint density at radius 1 is 1.60 bits per heavy atom. The molecule has 0 saturated carbocycles. The maximum atomic E-state index is 12.2. The monoisotopic (exact) mass is 175 g/mol. The lowest BCUT2D eigenvalue weighted by atomic mass is 10.2. The van der Waals surface area contributed by atoms with Gasteiger partial charge in [0.05, 0.1) is 6.54 Å². The third kappa shape index (κ3) is 3.98. The predicted molar refractivity (Wildman–Crippen MR) is 37.8 cm³/mol. The fourth-order valence-corrected chi connectivity index (χ4v) is 0.383. The zero-order valence-corrected chi connectivity index (χ0v) is 6.71. The van der Waals surface area contributed by atoms with Crippen LogP contribution in [0, 0.1) is 0 Å². The highest BCUT2D eigenvalue weighted by Crippen LogP contribution is 2.16. The van der Waals surface area contributed by atoms with Gasteiger partial charge in [-0.3, -0.25) is 0 Å². The molecule has 1 unspecified atom stereocenters. The first kappa shape index (κ1) is 12.7. The molecular weight excluding hydrogens is 164 g/mol. The lowest BCUT2D eigenvalue weighted by molar-refractivity contribution is -0.0954. The summed E-state index contributed by atoms with van der Waals surface area (Å²) in [6, 6.07) is 0. The van der Waals surface area contributed by atoms with Crippen LogP contribution in [0.2, 0.25) is 0 Å². The molecule has 0 aromatic rings. The van der Waals surface area contributed by atoms with Gasteiger partial charge in [0.1, 0.15) is 6.10 Å². The highest BCUT2D eigenvalue weighted by atomic mass is 35.5. The number of hydrogen-bond acceptors (Lipinski definition) is 2. The van der Waals surface area contributed by atoms with Crippen molar-refractivity contribution in [3.05, 3.63) is 0 Å². The van der Waals surface area contributed by atoms with Gasteiger partial charge in [0.2, 0.25) is 0 Å². The zero-order chi connectivity index (χ0) is 7.49. The Morgan fingerprint density at radius 3 is 2.10 bits per heavy atom. The molecule has 0 bridgehead atoms. The van der Waals surface area contributed by atoms with E-state index in [1.807, 2.05) is 0 Å². The largest absolute Gasteiger partial charge is 0.387 e. The zero-order valence-electron chi connectivity index (χ0n) is 5.90. The molecule has 0 heterocycles. The van der Waals surface area contributed by atoms with Crippen LogP contribution in [0.25, 0.3) is 0 Å². The van der Waals surface area contributed by atoms with Crippen LogP contribution in [0.15, 0.2) is 0 Å². The maximum absolute atomic E-state index is 12.2. The lowest BCUT2D eigenvalue weighted by Gasteiger charge is -2.17. The van der Waals surface area contributed by atoms with Crippen LogP contribution in [0.1, 0.15) is 6.92 Å². The molecule has 0 saturated heterocycles. The van der Waals surface area contributed by atoms with E-state index >= 15 is 0 Å². The quantitative estimate of drug-likeness (QED) is 0.660. The normalized spacial score (nSPS) is 14.1. The Kier molecular flexibility index (Phi) is 6.13. The molecule has 0 aromatic heterocycles. The van der Waals surface area contributed by atoms with Gasteiger partial charge in [-0.2, -0.15) is 0 Å².